The first-order chi connectivity index (χ1) is 33.3. The lowest BCUT2D eigenvalue weighted by atomic mass is 9.90. The molecule has 8 heterocycles. The highest BCUT2D eigenvalue weighted by molar-refractivity contribution is 6.06. The summed E-state index contributed by atoms with van der Waals surface area (Å²) >= 11 is 0. The van der Waals surface area contributed by atoms with Crippen molar-refractivity contribution in [3.8, 4) is 11.3 Å². The first kappa shape index (κ1) is 46.2. The van der Waals surface area contributed by atoms with E-state index in [9.17, 15) is 19.5 Å². The van der Waals surface area contributed by atoms with Gasteiger partial charge in [-0.05, 0) is 93.0 Å². The van der Waals surface area contributed by atoms with Gasteiger partial charge in [0.25, 0.3) is 11.5 Å². The predicted octanol–water partition coefficient (Wildman–Crippen LogP) is 5.16. The number of piperidine rings is 1. The third-order valence-electron chi connectivity index (χ3n) is 15.0. The van der Waals surface area contributed by atoms with Gasteiger partial charge in [0, 0.05) is 143 Å². The number of benzene rings is 1. The Morgan fingerprint density at radius 2 is 1.75 bits per heavy atom. The summed E-state index contributed by atoms with van der Waals surface area (Å²) in [6.45, 7) is 20.8. The zero-order valence-electron chi connectivity index (χ0n) is 40.5. The van der Waals surface area contributed by atoms with Crippen LogP contribution in [-0.4, -0.2) is 123 Å². The molecule has 0 spiro atoms. The van der Waals surface area contributed by atoms with Gasteiger partial charge in [0.05, 0.1) is 23.7 Å². The smallest absolute Gasteiger partial charge is 0.293 e. The highest BCUT2D eigenvalue weighted by Gasteiger charge is 2.38. The van der Waals surface area contributed by atoms with Crippen LogP contribution in [0.15, 0.2) is 78.5 Å². The van der Waals surface area contributed by atoms with E-state index < -0.39 is 6.61 Å². The van der Waals surface area contributed by atoms with Gasteiger partial charge >= 0.3 is 0 Å². The van der Waals surface area contributed by atoms with E-state index in [-0.39, 0.29) is 34.6 Å². The van der Waals surface area contributed by atoms with E-state index in [0.29, 0.717) is 64.9 Å². The van der Waals surface area contributed by atoms with Crippen molar-refractivity contribution >= 4 is 52.0 Å². The molecule has 0 bridgehead atoms. The van der Waals surface area contributed by atoms with E-state index in [2.05, 4.69) is 91.5 Å². The summed E-state index contributed by atoms with van der Waals surface area (Å²) in [4.78, 5) is 66.4. The number of hydrogen-bond acceptors (Lipinski definition) is 13. The van der Waals surface area contributed by atoms with Crippen LogP contribution in [0.4, 0.5) is 40.2 Å². The SMILES string of the molecule is C=CC(=O)Nc1cc(Nc2nc(-c3ccnc(N4CCn5c(cc6c5CC(C)(C)C6)C4=O)c3CO)cn(C)c2=O)ccc1N1CCN(C2CCN(c3ccnc(N4CCNC[C@@H]4C)c3)CC2)C[C@@H]1C. The molecule has 4 N–H and O–H groups in total. The average molecular weight is 936 g/mol. The van der Waals surface area contributed by atoms with Gasteiger partial charge in [0.15, 0.2) is 5.82 Å². The van der Waals surface area contributed by atoms with E-state index in [1.54, 1.807) is 30.4 Å². The molecule has 17 nitrogen and oxygen atoms in total. The number of pyridine rings is 2. The quantitative estimate of drug-likeness (QED) is 0.128. The minimum atomic E-state index is -0.398. The van der Waals surface area contributed by atoms with Gasteiger partial charge in [-0.15, -0.1) is 0 Å². The third-order valence-corrected chi connectivity index (χ3v) is 15.0. The molecule has 2 atom stereocenters. The fraction of sp³-hybridized carbons (Fsp3) is 0.462. The second kappa shape index (κ2) is 18.7. The maximum Gasteiger partial charge on any atom is 0.293 e. The van der Waals surface area contributed by atoms with Crippen molar-refractivity contribution < 1.29 is 14.7 Å². The van der Waals surface area contributed by atoms with Gasteiger partial charge in [0.1, 0.15) is 17.3 Å². The zero-order chi connectivity index (χ0) is 48.1. The van der Waals surface area contributed by atoms with E-state index in [1.165, 1.54) is 27.6 Å². The maximum absolute atomic E-state index is 14.1. The number of carbonyl (C=O) groups is 2. The highest BCUT2D eigenvalue weighted by Crippen LogP contribution is 2.41. The number of aryl methyl sites for hydroxylation is 1. The fourth-order valence-corrected chi connectivity index (χ4v) is 11.4. The normalized spacial score (nSPS) is 20.8. The molecule has 5 aliphatic rings. The molecule has 10 rings (SSSR count). The van der Waals surface area contributed by atoms with Crippen LogP contribution in [-0.2, 0) is 37.8 Å². The molecular formula is C52H65N13O4. The van der Waals surface area contributed by atoms with Crippen molar-refractivity contribution in [2.75, 3.05) is 89.1 Å². The van der Waals surface area contributed by atoms with Crippen LogP contribution in [0.3, 0.4) is 0 Å². The van der Waals surface area contributed by atoms with Gasteiger partial charge in [-0.3, -0.25) is 24.2 Å². The van der Waals surface area contributed by atoms with Crippen LogP contribution in [0.25, 0.3) is 11.3 Å². The number of aromatic nitrogens is 5. The molecule has 2 amide bonds. The number of nitrogens with one attached hydrogen (secondary N) is 3. The molecule has 4 aromatic heterocycles. The molecule has 1 aromatic carbocycles. The molecule has 4 aliphatic heterocycles. The predicted molar refractivity (Wildman–Crippen MR) is 272 cm³/mol. The standard InChI is InChI=1S/C52H65N13O4/c1-7-47(67)57-41-25-36(8-9-43(41)62-21-20-61(30-34(62)3)37-12-17-60(18-13-37)38-10-14-54-46(26-38)63-19-16-53-29-33(63)2)56-48-51(69)59(6)31-42(58-48)39-11-15-55-49(40(39)32-66)65-23-22-64-44(50(65)68)24-35-27-52(4,5)28-45(35)64/h7-11,14-15,24-26,31,33-34,37,53,66H,1,12-13,16-23,27-30,32H2,2-6H3,(H,56,58)(H,57,67)/t33-,34-/m0/s1. The van der Waals surface area contributed by atoms with Crippen LogP contribution >= 0.6 is 0 Å². The summed E-state index contributed by atoms with van der Waals surface area (Å²) in [6, 6.07) is 14.9. The molecule has 0 radical (unpaired) electrons. The first-order valence-corrected chi connectivity index (χ1v) is 24.5. The molecule has 69 heavy (non-hydrogen) atoms. The zero-order valence-corrected chi connectivity index (χ0v) is 40.5. The first-order valence-electron chi connectivity index (χ1n) is 24.5. The van der Waals surface area contributed by atoms with Crippen LogP contribution in [0.5, 0.6) is 0 Å². The number of fused-ring (bicyclic) bond motifs is 3. The van der Waals surface area contributed by atoms with Crippen LogP contribution in [0.2, 0.25) is 0 Å². The van der Waals surface area contributed by atoms with Gasteiger partial charge in [-0.1, -0.05) is 20.4 Å². The lowest BCUT2D eigenvalue weighted by molar-refractivity contribution is -0.111. The molecule has 362 valence electrons. The summed E-state index contributed by atoms with van der Waals surface area (Å²) < 4.78 is 3.59. The summed E-state index contributed by atoms with van der Waals surface area (Å²) in [5, 5.41) is 20.6. The summed E-state index contributed by atoms with van der Waals surface area (Å²) in [5.41, 5.74) is 7.57. The van der Waals surface area contributed by atoms with Crippen LogP contribution < -0.4 is 41.1 Å². The number of rotatable bonds is 11. The number of hydrogen-bond donors (Lipinski definition) is 4. The van der Waals surface area contributed by atoms with Crippen molar-refractivity contribution in [2.24, 2.45) is 12.5 Å². The largest absolute Gasteiger partial charge is 0.392 e. The van der Waals surface area contributed by atoms with E-state index >= 15 is 0 Å². The Morgan fingerprint density at radius 1 is 0.942 bits per heavy atom. The molecule has 17 heteroatoms. The van der Waals surface area contributed by atoms with Crippen molar-refractivity contribution in [2.45, 2.75) is 84.7 Å². The lowest BCUT2D eigenvalue weighted by Crippen LogP contribution is -2.57. The van der Waals surface area contributed by atoms with Gasteiger partial charge in [-0.25, -0.2) is 15.0 Å². The lowest BCUT2D eigenvalue weighted by Gasteiger charge is -2.47. The average Bonchev–Trinajstić information content (AvgIpc) is 3.85. The second-order valence-corrected chi connectivity index (χ2v) is 20.3. The summed E-state index contributed by atoms with van der Waals surface area (Å²) in [7, 11) is 1.65. The Labute approximate surface area is 403 Å². The Kier molecular flexibility index (Phi) is 12.5. The molecule has 3 fully saturated rings. The van der Waals surface area contributed by atoms with E-state index in [1.807, 2.05) is 30.5 Å². The Balaban J connectivity index is 0.838. The Bertz CT molecular complexity index is 2850. The molecule has 0 saturated carbocycles. The molecule has 0 unspecified atom stereocenters. The summed E-state index contributed by atoms with van der Waals surface area (Å²) in [6.07, 6.45) is 10.5. The topological polar surface area (TPSA) is 172 Å². The van der Waals surface area contributed by atoms with Crippen molar-refractivity contribution in [1.29, 1.82) is 0 Å². The van der Waals surface area contributed by atoms with Crippen molar-refractivity contribution in [3.05, 3.63) is 107 Å². The number of aliphatic hydroxyl groups excluding tert-OH is 1. The second-order valence-electron chi connectivity index (χ2n) is 20.3. The van der Waals surface area contributed by atoms with E-state index in [4.69, 9.17) is 9.97 Å². The molecule has 1 aliphatic carbocycles. The molecule has 3 saturated heterocycles. The van der Waals surface area contributed by atoms with Crippen LogP contribution in [0.1, 0.15) is 67.8 Å². The highest BCUT2D eigenvalue weighted by atomic mass is 16.3. The van der Waals surface area contributed by atoms with Crippen LogP contribution in [0, 0.1) is 5.41 Å². The summed E-state index contributed by atoms with van der Waals surface area (Å²) in [5.74, 6) is 0.981. The number of carbonyl (C=O) groups excluding carboxylic acids is 2. The van der Waals surface area contributed by atoms with Crippen molar-refractivity contribution in [3.63, 3.8) is 0 Å². The third kappa shape index (κ3) is 8.98. The van der Waals surface area contributed by atoms with Gasteiger partial charge in [-0.2, -0.15) is 0 Å². The van der Waals surface area contributed by atoms with Crippen molar-refractivity contribution in [1.82, 2.24) is 34.3 Å². The minimum Gasteiger partial charge on any atom is -0.392 e. The van der Waals surface area contributed by atoms with Gasteiger partial charge in [0.2, 0.25) is 5.91 Å². The van der Waals surface area contributed by atoms with E-state index in [0.717, 1.165) is 89.5 Å². The van der Waals surface area contributed by atoms with Gasteiger partial charge < -0.3 is 44.9 Å². The number of anilines is 7. The Morgan fingerprint density at radius 3 is 2.52 bits per heavy atom. The Hall–Kier alpha value is -6.56. The molecule has 5 aromatic rings. The number of piperazine rings is 2. The monoisotopic (exact) mass is 936 g/mol. The number of aliphatic hydroxyl groups is 1. The fourth-order valence-electron chi connectivity index (χ4n) is 11.4. The maximum atomic E-state index is 14.1. The number of nitrogens with zero attached hydrogens (tertiary/aromatic N) is 10. The number of amides is 2. The minimum absolute atomic E-state index is 0.0573. The molecular weight excluding hydrogens is 871 g/mol.